The molecular formula is C10H12N2O4. The van der Waals surface area contributed by atoms with Crippen LogP contribution in [0.1, 0.15) is 16.8 Å². The molecule has 6 N–H and O–H groups in total. The molecule has 0 aliphatic carbocycles. The average Bonchev–Trinajstić information content (AvgIpc) is 2.21. The summed E-state index contributed by atoms with van der Waals surface area (Å²) in [5, 5.41) is 17.8. The van der Waals surface area contributed by atoms with Crippen LogP contribution in [0.3, 0.4) is 0 Å². The van der Waals surface area contributed by atoms with Crippen LogP contribution in [0, 0.1) is 0 Å². The maximum absolute atomic E-state index is 11.5. The maximum Gasteiger partial charge on any atom is 0.320 e. The topological polar surface area (TPSA) is 127 Å². The van der Waals surface area contributed by atoms with Crippen molar-refractivity contribution in [3.8, 4) is 5.75 Å². The van der Waals surface area contributed by atoms with Gasteiger partial charge in [-0.25, -0.2) is 0 Å². The van der Waals surface area contributed by atoms with Gasteiger partial charge in [0.1, 0.15) is 11.8 Å². The number of rotatable bonds is 4. The Morgan fingerprint density at radius 2 is 2.00 bits per heavy atom. The summed E-state index contributed by atoms with van der Waals surface area (Å²) in [4.78, 5) is 22.0. The standard InChI is InChI=1S/C10H12N2O4/c11-6-2-1-5(3-9(6)14)8(13)4-7(12)10(15)16/h1-3,7,14H,4,11-12H2,(H,15,16)/t7-/m0/s1. The van der Waals surface area contributed by atoms with Crippen LogP contribution in [0.4, 0.5) is 5.69 Å². The first-order valence-corrected chi connectivity index (χ1v) is 4.52. The lowest BCUT2D eigenvalue weighted by Gasteiger charge is -2.06. The van der Waals surface area contributed by atoms with Crippen LogP contribution >= 0.6 is 0 Å². The van der Waals surface area contributed by atoms with Gasteiger partial charge in [0.05, 0.1) is 5.69 Å². The van der Waals surface area contributed by atoms with Gasteiger partial charge in [-0.15, -0.1) is 0 Å². The molecule has 0 aliphatic rings. The van der Waals surface area contributed by atoms with Gasteiger partial charge in [-0.3, -0.25) is 9.59 Å². The third-order valence-corrected chi connectivity index (χ3v) is 2.07. The molecule has 1 aromatic carbocycles. The van der Waals surface area contributed by atoms with E-state index in [0.29, 0.717) is 0 Å². The molecule has 0 saturated carbocycles. The summed E-state index contributed by atoms with van der Waals surface area (Å²) in [5.74, 6) is -1.91. The Labute approximate surface area is 91.5 Å². The lowest BCUT2D eigenvalue weighted by molar-refractivity contribution is -0.138. The average molecular weight is 224 g/mol. The predicted molar refractivity (Wildman–Crippen MR) is 57.1 cm³/mol. The molecule has 0 radical (unpaired) electrons. The van der Waals surface area contributed by atoms with E-state index < -0.39 is 17.8 Å². The van der Waals surface area contributed by atoms with Crippen LogP contribution < -0.4 is 11.5 Å². The highest BCUT2D eigenvalue weighted by Crippen LogP contribution is 2.21. The van der Waals surface area contributed by atoms with Crippen molar-refractivity contribution in [3.63, 3.8) is 0 Å². The number of phenolic OH excluding ortho intramolecular Hbond substituents is 1. The van der Waals surface area contributed by atoms with Gasteiger partial charge >= 0.3 is 5.97 Å². The van der Waals surface area contributed by atoms with Crippen molar-refractivity contribution in [2.45, 2.75) is 12.5 Å². The molecule has 1 rings (SSSR count). The Bertz CT molecular complexity index is 431. The summed E-state index contributed by atoms with van der Waals surface area (Å²) in [6.07, 6.45) is -0.321. The van der Waals surface area contributed by atoms with Crippen molar-refractivity contribution in [2.75, 3.05) is 5.73 Å². The molecule has 1 atom stereocenters. The number of aromatic hydroxyl groups is 1. The van der Waals surface area contributed by atoms with Gasteiger partial charge in [0.15, 0.2) is 5.78 Å². The van der Waals surface area contributed by atoms with Gasteiger partial charge in [-0.2, -0.15) is 0 Å². The number of benzene rings is 1. The first-order chi connectivity index (χ1) is 7.41. The van der Waals surface area contributed by atoms with Crippen LogP contribution in [0.25, 0.3) is 0 Å². The summed E-state index contributed by atoms with van der Waals surface area (Å²) in [5.41, 5.74) is 10.9. The Kier molecular flexibility index (Phi) is 3.47. The number of hydrogen-bond donors (Lipinski definition) is 4. The highest BCUT2D eigenvalue weighted by atomic mass is 16.4. The number of aliphatic carboxylic acids is 1. The number of carboxylic acids is 1. The zero-order chi connectivity index (χ0) is 12.3. The number of Topliss-reactive ketones (excluding diaryl/α,β-unsaturated/α-hetero) is 1. The predicted octanol–water partition coefficient (Wildman–Crippen LogP) is -0.0409. The molecule has 0 spiro atoms. The quantitative estimate of drug-likeness (QED) is 0.323. The van der Waals surface area contributed by atoms with Crippen molar-refractivity contribution < 1.29 is 19.8 Å². The summed E-state index contributed by atoms with van der Waals surface area (Å²) in [6, 6.07) is 2.72. The normalized spacial score (nSPS) is 12.1. The third kappa shape index (κ3) is 2.71. The number of nitrogens with two attached hydrogens (primary N) is 2. The second-order valence-electron chi connectivity index (χ2n) is 3.35. The number of anilines is 1. The summed E-state index contributed by atoms with van der Waals surface area (Å²) in [7, 11) is 0. The van der Waals surface area contributed by atoms with Crippen LogP contribution in [-0.4, -0.2) is 28.0 Å². The van der Waals surface area contributed by atoms with Gasteiger partial charge in [0, 0.05) is 12.0 Å². The number of phenols is 1. The molecule has 0 amide bonds. The smallest absolute Gasteiger partial charge is 0.320 e. The van der Waals surface area contributed by atoms with E-state index in [1.165, 1.54) is 18.2 Å². The van der Waals surface area contributed by atoms with E-state index in [9.17, 15) is 14.7 Å². The lowest BCUT2D eigenvalue weighted by Crippen LogP contribution is -2.32. The minimum Gasteiger partial charge on any atom is -0.506 e. The van der Waals surface area contributed by atoms with Gasteiger partial charge in [-0.05, 0) is 18.2 Å². The molecule has 0 aliphatic heterocycles. The molecule has 0 unspecified atom stereocenters. The molecule has 6 nitrogen and oxygen atoms in total. The molecular weight excluding hydrogens is 212 g/mol. The Morgan fingerprint density at radius 3 is 2.50 bits per heavy atom. The minimum atomic E-state index is -1.24. The zero-order valence-electron chi connectivity index (χ0n) is 8.38. The highest BCUT2D eigenvalue weighted by Gasteiger charge is 2.17. The van der Waals surface area contributed by atoms with Crippen LogP contribution in [0.5, 0.6) is 5.75 Å². The second-order valence-corrected chi connectivity index (χ2v) is 3.35. The first kappa shape index (κ1) is 12.0. The largest absolute Gasteiger partial charge is 0.506 e. The monoisotopic (exact) mass is 224 g/mol. The van der Waals surface area contributed by atoms with Gasteiger partial charge in [0.2, 0.25) is 0 Å². The van der Waals surface area contributed by atoms with Gasteiger partial charge < -0.3 is 21.7 Å². The van der Waals surface area contributed by atoms with Crippen molar-refractivity contribution in [1.82, 2.24) is 0 Å². The summed E-state index contributed by atoms with van der Waals surface area (Å²) >= 11 is 0. The van der Waals surface area contributed by atoms with Crippen LogP contribution in [-0.2, 0) is 4.79 Å². The van der Waals surface area contributed by atoms with E-state index in [1.807, 2.05) is 0 Å². The second kappa shape index (κ2) is 4.63. The molecule has 6 heteroatoms. The van der Waals surface area contributed by atoms with Gasteiger partial charge in [0.25, 0.3) is 0 Å². The number of nitrogen functional groups attached to an aromatic ring is 1. The number of carboxylic acid groups (broad SMARTS) is 1. The fourth-order valence-electron chi connectivity index (χ4n) is 1.12. The van der Waals surface area contributed by atoms with E-state index in [2.05, 4.69) is 0 Å². The molecule has 1 aromatic rings. The van der Waals surface area contributed by atoms with Gasteiger partial charge in [-0.1, -0.05) is 0 Å². The van der Waals surface area contributed by atoms with E-state index in [4.69, 9.17) is 16.6 Å². The first-order valence-electron chi connectivity index (χ1n) is 4.52. The van der Waals surface area contributed by atoms with Crippen molar-refractivity contribution in [2.24, 2.45) is 5.73 Å². The van der Waals surface area contributed by atoms with Crippen molar-refractivity contribution in [3.05, 3.63) is 23.8 Å². The van der Waals surface area contributed by atoms with Crippen molar-refractivity contribution in [1.29, 1.82) is 0 Å². The number of carbonyl (C=O) groups excluding carboxylic acids is 1. The zero-order valence-corrected chi connectivity index (χ0v) is 8.38. The fraction of sp³-hybridized carbons (Fsp3) is 0.200. The molecule has 0 aromatic heterocycles. The Morgan fingerprint density at radius 1 is 1.38 bits per heavy atom. The summed E-state index contributed by atoms with van der Waals surface area (Å²) in [6.45, 7) is 0. The fourth-order valence-corrected chi connectivity index (χ4v) is 1.12. The van der Waals surface area contributed by atoms with E-state index in [0.717, 1.165) is 0 Å². The minimum absolute atomic E-state index is 0.152. The van der Waals surface area contributed by atoms with Crippen LogP contribution in [0.2, 0.25) is 0 Å². The number of ketones is 1. The molecule has 0 fully saturated rings. The molecule has 0 bridgehead atoms. The summed E-state index contributed by atoms with van der Waals surface area (Å²) < 4.78 is 0. The van der Waals surface area contributed by atoms with Crippen molar-refractivity contribution >= 4 is 17.4 Å². The maximum atomic E-state index is 11.5. The number of carbonyl (C=O) groups is 2. The molecule has 86 valence electrons. The van der Waals surface area contributed by atoms with E-state index >= 15 is 0 Å². The Balaban J connectivity index is 2.81. The molecule has 0 saturated heterocycles. The van der Waals surface area contributed by atoms with Crippen LogP contribution in [0.15, 0.2) is 18.2 Å². The third-order valence-electron chi connectivity index (χ3n) is 2.07. The number of hydrogen-bond acceptors (Lipinski definition) is 5. The van der Waals surface area contributed by atoms with E-state index in [1.54, 1.807) is 0 Å². The molecule has 16 heavy (non-hydrogen) atoms. The lowest BCUT2D eigenvalue weighted by atomic mass is 10.0. The SMILES string of the molecule is Nc1ccc(C(=O)C[C@H](N)C(=O)O)cc1O. The van der Waals surface area contributed by atoms with E-state index in [-0.39, 0.29) is 23.4 Å². The Hall–Kier alpha value is -2.08. The molecule has 0 heterocycles. The highest BCUT2D eigenvalue weighted by molar-refractivity contribution is 5.99.